The lowest BCUT2D eigenvalue weighted by Crippen LogP contribution is -2.28. The molecule has 0 aromatic heterocycles. The van der Waals surface area contributed by atoms with E-state index in [1.165, 1.54) is 116 Å². The van der Waals surface area contributed by atoms with Crippen LogP contribution in [-0.4, -0.2) is 50.2 Å². The van der Waals surface area contributed by atoms with E-state index in [2.05, 4.69) is 13.8 Å². The second-order valence-electron chi connectivity index (χ2n) is 11.3. The van der Waals surface area contributed by atoms with Crippen molar-refractivity contribution in [1.29, 1.82) is 0 Å². The van der Waals surface area contributed by atoms with E-state index in [0.29, 0.717) is 39.1 Å². The standard InChI is InChI=1S/C33H65NO4/c1-4-6-8-10-12-14-16-18-20-22-24-26-32(35)37-30-28-34(3)29-31-38-33(36)27-25-23-21-19-17-15-13-11-9-7-5-2/h4-31H2,1-3H3. The van der Waals surface area contributed by atoms with Gasteiger partial charge in [0.2, 0.25) is 0 Å². The van der Waals surface area contributed by atoms with E-state index in [1.54, 1.807) is 0 Å². The summed E-state index contributed by atoms with van der Waals surface area (Å²) >= 11 is 0. The zero-order valence-electron chi connectivity index (χ0n) is 25.9. The predicted octanol–water partition coefficient (Wildman–Crippen LogP) is 9.41. The fraction of sp³-hybridized carbons (Fsp3) is 0.939. The first-order valence-corrected chi connectivity index (χ1v) is 16.6. The number of nitrogens with zero attached hydrogens (tertiary/aromatic N) is 1. The number of esters is 2. The van der Waals surface area contributed by atoms with Crippen LogP contribution >= 0.6 is 0 Å². The van der Waals surface area contributed by atoms with Gasteiger partial charge < -0.3 is 9.47 Å². The lowest BCUT2D eigenvalue weighted by molar-refractivity contribution is -0.144. The van der Waals surface area contributed by atoms with E-state index in [1.807, 2.05) is 11.9 Å². The number of carbonyl (C=O) groups excluding carboxylic acids is 2. The molecule has 0 aliphatic rings. The third kappa shape index (κ3) is 29.5. The maximum Gasteiger partial charge on any atom is 0.305 e. The van der Waals surface area contributed by atoms with Crippen molar-refractivity contribution in [1.82, 2.24) is 4.90 Å². The van der Waals surface area contributed by atoms with Gasteiger partial charge in [-0.1, -0.05) is 142 Å². The van der Waals surface area contributed by atoms with Crippen LogP contribution in [0.15, 0.2) is 0 Å². The first kappa shape index (κ1) is 36.9. The lowest BCUT2D eigenvalue weighted by Gasteiger charge is -2.16. The van der Waals surface area contributed by atoms with Gasteiger partial charge in [-0.3, -0.25) is 14.5 Å². The Kier molecular flexibility index (Phi) is 29.6. The Labute approximate surface area is 237 Å². The number of carbonyl (C=O) groups is 2. The second kappa shape index (κ2) is 30.4. The van der Waals surface area contributed by atoms with Crippen LogP contribution in [0, 0.1) is 0 Å². The van der Waals surface area contributed by atoms with Gasteiger partial charge in [0.25, 0.3) is 0 Å². The quantitative estimate of drug-likeness (QED) is 0.0672. The highest BCUT2D eigenvalue weighted by atomic mass is 16.5. The Morgan fingerprint density at radius 3 is 1.00 bits per heavy atom. The molecule has 5 heteroatoms. The Morgan fingerprint density at radius 1 is 0.447 bits per heavy atom. The van der Waals surface area contributed by atoms with E-state index in [9.17, 15) is 9.59 Å². The Hall–Kier alpha value is -1.10. The second-order valence-corrected chi connectivity index (χ2v) is 11.3. The van der Waals surface area contributed by atoms with Crippen molar-refractivity contribution in [2.24, 2.45) is 0 Å². The van der Waals surface area contributed by atoms with Crippen LogP contribution in [0.1, 0.15) is 168 Å². The summed E-state index contributed by atoms with van der Waals surface area (Å²) in [6.07, 6.45) is 29.3. The molecule has 226 valence electrons. The summed E-state index contributed by atoms with van der Waals surface area (Å²) in [6.45, 7) is 6.66. The summed E-state index contributed by atoms with van der Waals surface area (Å²) in [6, 6.07) is 0. The van der Waals surface area contributed by atoms with Crippen molar-refractivity contribution >= 4 is 11.9 Å². The predicted molar refractivity (Wildman–Crippen MR) is 162 cm³/mol. The minimum Gasteiger partial charge on any atom is -0.464 e. The molecule has 0 saturated heterocycles. The first-order valence-electron chi connectivity index (χ1n) is 16.6. The van der Waals surface area contributed by atoms with Crippen molar-refractivity contribution in [3.8, 4) is 0 Å². The van der Waals surface area contributed by atoms with Gasteiger partial charge in [0.1, 0.15) is 13.2 Å². The lowest BCUT2D eigenvalue weighted by atomic mass is 10.1. The zero-order chi connectivity index (χ0) is 27.9. The molecule has 5 nitrogen and oxygen atoms in total. The fourth-order valence-electron chi connectivity index (χ4n) is 4.75. The molecule has 0 bridgehead atoms. The molecule has 0 N–H and O–H groups in total. The number of unbranched alkanes of at least 4 members (excludes halogenated alkanes) is 20. The largest absolute Gasteiger partial charge is 0.464 e. The summed E-state index contributed by atoms with van der Waals surface area (Å²) in [5, 5.41) is 0. The summed E-state index contributed by atoms with van der Waals surface area (Å²) in [5.41, 5.74) is 0. The minimum atomic E-state index is -0.0901. The molecule has 0 aliphatic carbocycles. The summed E-state index contributed by atoms with van der Waals surface area (Å²) in [4.78, 5) is 25.9. The van der Waals surface area contributed by atoms with Crippen LogP contribution in [-0.2, 0) is 19.1 Å². The Bertz CT molecular complexity index is 467. The smallest absolute Gasteiger partial charge is 0.305 e. The molecular formula is C33H65NO4. The number of rotatable bonds is 30. The summed E-state index contributed by atoms with van der Waals surface area (Å²) in [7, 11) is 1.97. The van der Waals surface area contributed by atoms with E-state index in [0.717, 1.165) is 25.7 Å². The van der Waals surface area contributed by atoms with Crippen molar-refractivity contribution in [2.75, 3.05) is 33.4 Å². The monoisotopic (exact) mass is 539 g/mol. The maximum atomic E-state index is 11.9. The molecule has 0 saturated carbocycles. The van der Waals surface area contributed by atoms with Crippen LogP contribution in [0.3, 0.4) is 0 Å². The van der Waals surface area contributed by atoms with Gasteiger partial charge in [0.05, 0.1) is 0 Å². The molecule has 0 unspecified atom stereocenters. The molecule has 0 rings (SSSR count). The van der Waals surface area contributed by atoms with Crippen LogP contribution in [0.5, 0.6) is 0 Å². The highest BCUT2D eigenvalue weighted by molar-refractivity contribution is 5.69. The van der Waals surface area contributed by atoms with E-state index in [4.69, 9.17) is 9.47 Å². The summed E-state index contributed by atoms with van der Waals surface area (Å²) < 4.78 is 10.7. The van der Waals surface area contributed by atoms with Gasteiger partial charge in [-0.05, 0) is 19.9 Å². The van der Waals surface area contributed by atoms with Gasteiger partial charge in [0, 0.05) is 25.9 Å². The average molecular weight is 540 g/mol. The molecule has 0 aromatic carbocycles. The Morgan fingerprint density at radius 2 is 0.711 bits per heavy atom. The average Bonchev–Trinajstić information content (AvgIpc) is 2.90. The third-order valence-electron chi connectivity index (χ3n) is 7.44. The van der Waals surface area contributed by atoms with Gasteiger partial charge in [-0.15, -0.1) is 0 Å². The molecule has 0 fully saturated rings. The highest BCUT2D eigenvalue weighted by Crippen LogP contribution is 2.13. The first-order chi connectivity index (χ1) is 18.6. The SMILES string of the molecule is CCCCCCCCCCCCCC(=O)OCCN(C)CCOC(=O)CCCCCCCCCCCCC. The van der Waals surface area contributed by atoms with Crippen LogP contribution < -0.4 is 0 Å². The molecule has 0 aliphatic heterocycles. The van der Waals surface area contributed by atoms with E-state index < -0.39 is 0 Å². The number of hydrogen-bond acceptors (Lipinski definition) is 5. The van der Waals surface area contributed by atoms with Gasteiger partial charge in [0.15, 0.2) is 0 Å². The molecule has 0 spiro atoms. The molecule has 0 heterocycles. The third-order valence-corrected chi connectivity index (χ3v) is 7.44. The van der Waals surface area contributed by atoms with Crippen molar-refractivity contribution in [2.45, 2.75) is 168 Å². The van der Waals surface area contributed by atoms with E-state index in [-0.39, 0.29) is 11.9 Å². The Balaban J connectivity index is 3.39. The van der Waals surface area contributed by atoms with Crippen molar-refractivity contribution in [3.05, 3.63) is 0 Å². The van der Waals surface area contributed by atoms with E-state index >= 15 is 0 Å². The fourth-order valence-corrected chi connectivity index (χ4v) is 4.75. The highest BCUT2D eigenvalue weighted by Gasteiger charge is 2.07. The number of likely N-dealkylation sites (N-methyl/N-ethyl adjacent to an activating group) is 1. The normalized spacial score (nSPS) is 11.3. The van der Waals surface area contributed by atoms with Crippen LogP contribution in [0.25, 0.3) is 0 Å². The molecule has 38 heavy (non-hydrogen) atoms. The topological polar surface area (TPSA) is 55.8 Å². The molecule has 0 aromatic rings. The van der Waals surface area contributed by atoms with Gasteiger partial charge in [-0.2, -0.15) is 0 Å². The number of hydrogen-bond donors (Lipinski definition) is 0. The van der Waals surface area contributed by atoms with Gasteiger partial charge >= 0.3 is 11.9 Å². The maximum absolute atomic E-state index is 11.9. The van der Waals surface area contributed by atoms with Crippen molar-refractivity contribution < 1.29 is 19.1 Å². The summed E-state index contributed by atoms with van der Waals surface area (Å²) in [5.74, 6) is -0.180. The molecular weight excluding hydrogens is 474 g/mol. The molecule has 0 amide bonds. The molecule has 0 atom stereocenters. The van der Waals surface area contributed by atoms with Crippen molar-refractivity contribution in [3.63, 3.8) is 0 Å². The molecule has 0 radical (unpaired) electrons. The van der Waals surface area contributed by atoms with Crippen LogP contribution in [0.2, 0.25) is 0 Å². The minimum absolute atomic E-state index is 0.0901. The van der Waals surface area contributed by atoms with Gasteiger partial charge in [-0.25, -0.2) is 0 Å². The van der Waals surface area contributed by atoms with Crippen LogP contribution in [0.4, 0.5) is 0 Å². The number of ether oxygens (including phenoxy) is 2. The zero-order valence-corrected chi connectivity index (χ0v) is 25.9.